The Labute approximate surface area is 196 Å². The highest BCUT2D eigenvalue weighted by Crippen LogP contribution is 2.32. The minimum Gasteiger partial charge on any atom is -0.490 e. The van der Waals surface area contributed by atoms with Crippen LogP contribution in [0.15, 0.2) is 85.5 Å². The summed E-state index contributed by atoms with van der Waals surface area (Å²) in [6, 6.07) is 19.9. The van der Waals surface area contributed by atoms with Crippen molar-refractivity contribution in [3.05, 3.63) is 91.0 Å². The van der Waals surface area contributed by atoms with Gasteiger partial charge in [0.2, 0.25) is 0 Å². The highest BCUT2D eigenvalue weighted by molar-refractivity contribution is 6.07. The second kappa shape index (κ2) is 10.8. The smallest absolute Gasteiger partial charge is 0.326 e. The van der Waals surface area contributed by atoms with Gasteiger partial charge in [0.15, 0.2) is 0 Å². The number of hydrogen-bond donors (Lipinski definition) is 1. The maximum absolute atomic E-state index is 13.2. The Morgan fingerprint density at radius 3 is 2.85 bits per heavy atom. The van der Waals surface area contributed by atoms with E-state index >= 15 is 0 Å². The number of carbonyl (C=O) groups excluding carboxylic acids is 1. The zero-order valence-corrected chi connectivity index (χ0v) is 19.2. The highest BCUT2D eigenvalue weighted by atomic mass is 16.5. The Morgan fingerprint density at radius 1 is 1.12 bits per heavy atom. The predicted molar refractivity (Wildman–Crippen MR) is 137 cm³/mol. The van der Waals surface area contributed by atoms with E-state index in [1.54, 1.807) is 0 Å². The number of likely N-dealkylation sites (N-methyl/N-ethyl adjacent to an activating group) is 1. The number of carbonyl (C=O) groups is 1. The molecular formula is C28H31N3O2. The molecule has 5 nitrogen and oxygen atoms in total. The highest BCUT2D eigenvalue weighted by Gasteiger charge is 2.23. The van der Waals surface area contributed by atoms with Gasteiger partial charge in [0.1, 0.15) is 12.4 Å². The molecule has 1 heterocycles. The van der Waals surface area contributed by atoms with Crippen LogP contribution in [-0.4, -0.2) is 44.2 Å². The molecule has 1 N–H and O–H groups in total. The monoisotopic (exact) mass is 441 g/mol. The molecule has 1 aliphatic heterocycles. The second-order valence-electron chi connectivity index (χ2n) is 8.29. The van der Waals surface area contributed by atoms with Crippen molar-refractivity contribution in [3.8, 4) is 5.75 Å². The van der Waals surface area contributed by atoms with Gasteiger partial charge in [-0.1, -0.05) is 54.6 Å². The van der Waals surface area contributed by atoms with Crippen molar-refractivity contribution >= 4 is 28.2 Å². The average Bonchev–Trinajstić information content (AvgIpc) is 2.83. The van der Waals surface area contributed by atoms with Crippen molar-refractivity contribution in [3.63, 3.8) is 0 Å². The van der Waals surface area contributed by atoms with Gasteiger partial charge in [0.25, 0.3) is 0 Å². The Balaban J connectivity index is 1.41. The van der Waals surface area contributed by atoms with Gasteiger partial charge in [0, 0.05) is 30.7 Å². The van der Waals surface area contributed by atoms with E-state index in [4.69, 9.17) is 4.74 Å². The summed E-state index contributed by atoms with van der Waals surface area (Å²) in [6.07, 6.45) is 7.88. The molecule has 2 amide bonds. The van der Waals surface area contributed by atoms with Crippen molar-refractivity contribution in [2.45, 2.75) is 12.8 Å². The number of urea groups is 1. The van der Waals surface area contributed by atoms with Gasteiger partial charge >= 0.3 is 6.03 Å². The van der Waals surface area contributed by atoms with Crippen molar-refractivity contribution in [2.24, 2.45) is 0 Å². The van der Waals surface area contributed by atoms with Crippen LogP contribution in [0.2, 0.25) is 0 Å². The number of anilines is 2. The zero-order chi connectivity index (χ0) is 23.0. The molecule has 3 aromatic carbocycles. The van der Waals surface area contributed by atoms with Crippen LogP contribution < -0.4 is 15.0 Å². The van der Waals surface area contributed by atoms with Crippen molar-refractivity contribution in [1.82, 2.24) is 4.90 Å². The fraction of sp³-hybridized carbons (Fsp3) is 0.250. The molecule has 4 rings (SSSR count). The molecule has 3 aromatic rings. The number of aryl methyl sites for hydroxylation is 1. The van der Waals surface area contributed by atoms with Gasteiger partial charge in [0.05, 0.1) is 5.69 Å². The van der Waals surface area contributed by atoms with Gasteiger partial charge in [-0.3, -0.25) is 9.80 Å². The van der Waals surface area contributed by atoms with E-state index in [0.29, 0.717) is 13.2 Å². The summed E-state index contributed by atoms with van der Waals surface area (Å²) in [5.41, 5.74) is 2.92. The van der Waals surface area contributed by atoms with Crippen LogP contribution >= 0.6 is 0 Å². The van der Waals surface area contributed by atoms with Crippen molar-refractivity contribution in [2.75, 3.05) is 43.5 Å². The fourth-order valence-corrected chi connectivity index (χ4v) is 4.15. The standard InChI is InChI=1S/C28H31N3O2/c1-3-17-30(2)18-6-7-20-33-24-15-16-27-23(21-24)12-9-19-31(27)28(32)29-26-14-8-11-22-10-4-5-13-25(22)26/h3-8,10-11,13-16,21H,1,9,12,17-20H2,2H3,(H,29,32)/b7-6+. The lowest BCUT2D eigenvalue weighted by Gasteiger charge is -2.30. The number of amides is 2. The third-order valence-corrected chi connectivity index (χ3v) is 5.82. The largest absolute Gasteiger partial charge is 0.490 e. The van der Waals surface area contributed by atoms with Gasteiger partial charge in [-0.05, 0) is 55.1 Å². The molecule has 0 spiro atoms. The third kappa shape index (κ3) is 5.62. The van der Waals surface area contributed by atoms with E-state index in [0.717, 1.165) is 59.4 Å². The number of benzene rings is 3. The van der Waals surface area contributed by atoms with Crippen LogP contribution in [0, 0.1) is 0 Å². The average molecular weight is 442 g/mol. The van der Waals surface area contributed by atoms with Gasteiger partial charge in [-0.15, -0.1) is 6.58 Å². The molecule has 0 atom stereocenters. The van der Waals surface area contributed by atoms with Gasteiger partial charge < -0.3 is 10.1 Å². The molecule has 5 heteroatoms. The molecule has 33 heavy (non-hydrogen) atoms. The molecule has 170 valence electrons. The number of ether oxygens (including phenoxy) is 1. The van der Waals surface area contributed by atoms with Crippen molar-refractivity contribution < 1.29 is 9.53 Å². The lowest BCUT2D eigenvalue weighted by molar-refractivity contribution is 0.256. The maximum Gasteiger partial charge on any atom is 0.326 e. The van der Waals surface area contributed by atoms with Gasteiger partial charge in [-0.25, -0.2) is 4.79 Å². The second-order valence-corrected chi connectivity index (χ2v) is 8.29. The first kappa shape index (κ1) is 22.6. The lowest BCUT2D eigenvalue weighted by atomic mass is 10.0. The van der Waals surface area contributed by atoms with Crippen LogP contribution in [0.4, 0.5) is 16.2 Å². The molecular weight excluding hydrogens is 410 g/mol. The first-order chi connectivity index (χ1) is 16.2. The third-order valence-electron chi connectivity index (χ3n) is 5.82. The fourth-order valence-electron chi connectivity index (χ4n) is 4.15. The molecule has 0 unspecified atom stereocenters. The number of fused-ring (bicyclic) bond motifs is 2. The van der Waals surface area contributed by atoms with Crippen LogP contribution in [-0.2, 0) is 6.42 Å². The molecule has 0 aliphatic carbocycles. The predicted octanol–water partition coefficient (Wildman–Crippen LogP) is 5.88. The summed E-state index contributed by atoms with van der Waals surface area (Å²) >= 11 is 0. The molecule has 0 aromatic heterocycles. The number of rotatable bonds is 8. The Hall–Kier alpha value is -3.57. The number of nitrogens with one attached hydrogen (secondary N) is 1. The molecule has 0 fully saturated rings. The first-order valence-corrected chi connectivity index (χ1v) is 11.4. The summed E-state index contributed by atoms with van der Waals surface area (Å²) in [7, 11) is 2.05. The van der Waals surface area contributed by atoms with Crippen LogP contribution in [0.3, 0.4) is 0 Å². The Bertz CT molecular complexity index is 1150. The topological polar surface area (TPSA) is 44.8 Å². The van der Waals surface area contributed by atoms with E-state index in [-0.39, 0.29) is 6.03 Å². The summed E-state index contributed by atoms with van der Waals surface area (Å²) in [5.74, 6) is 0.828. The molecule has 0 saturated carbocycles. The minimum atomic E-state index is -0.104. The van der Waals surface area contributed by atoms with Crippen molar-refractivity contribution in [1.29, 1.82) is 0 Å². The van der Waals surface area contributed by atoms with Gasteiger partial charge in [-0.2, -0.15) is 0 Å². The van der Waals surface area contributed by atoms with E-state index < -0.39 is 0 Å². The number of hydrogen-bond acceptors (Lipinski definition) is 3. The first-order valence-electron chi connectivity index (χ1n) is 11.4. The molecule has 0 radical (unpaired) electrons. The maximum atomic E-state index is 13.2. The zero-order valence-electron chi connectivity index (χ0n) is 19.2. The number of nitrogens with zero attached hydrogens (tertiary/aromatic N) is 2. The summed E-state index contributed by atoms with van der Waals surface area (Å²) in [4.78, 5) is 17.2. The quantitative estimate of drug-likeness (QED) is 0.444. The van der Waals surface area contributed by atoms with E-state index in [1.807, 2.05) is 59.5 Å². The normalized spacial score (nSPS) is 13.3. The van der Waals surface area contributed by atoms with E-state index in [9.17, 15) is 4.79 Å². The SMILES string of the molecule is C=CCN(C)C/C=C/COc1ccc2c(c1)CCCN2C(=O)Nc1cccc2ccccc12. The van der Waals surface area contributed by atoms with E-state index in [2.05, 4.69) is 48.1 Å². The lowest BCUT2D eigenvalue weighted by Crippen LogP contribution is -2.38. The van der Waals surface area contributed by atoms with E-state index in [1.165, 1.54) is 0 Å². The molecule has 1 aliphatic rings. The summed E-state index contributed by atoms with van der Waals surface area (Å²) in [6.45, 7) is 6.69. The minimum absolute atomic E-state index is 0.104. The summed E-state index contributed by atoms with van der Waals surface area (Å²) < 4.78 is 5.91. The van der Waals surface area contributed by atoms with Crippen LogP contribution in [0.1, 0.15) is 12.0 Å². The van der Waals surface area contributed by atoms with Crippen LogP contribution in [0.25, 0.3) is 10.8 Å². The summed E-state index contributed by atoms with van der Waals surface area (Å²) in [5, 5.41) is 5.26. The Kier molecular flexibility index (Phi) is 7.43. The van der Waals surface area contributed by atoms with Crippen LogP contribution in [0.5, 0.6) is 5.75 Å². The molecule has 0 saturated heterocycles. The Morgan fingerprint density at radius 2 is 1.97 bits per heavy atom. The molecule has 0 bridgehead atoms.